The van der Waals surface area contributed by atoms with Gasteiger partial charge in [0.2, 0.25) is 0 Å². The van der Waals surface area contributed by atoms with Gasteiger partial charge in [-0.2, -0.15) is 0 Å². The summed E-state index contributed by atoms with van der Waals surface area (Å²) in [6, 6.07) is 0.601. The van der Waals surface area contributed by atoms with E-state index in [2.05, 4.69) is 11.9 Å². The van der Waals surface area contributed by atoms with E-state index >= 15 is 0 Å². The molecule has 1 aliphatic rings. The number of nitrogens with one attached hydrogen (secondary N) is 1. The van der Waals surface area contributed by atoms with Gasteiger partial charge in [-0.05, 0) is 26.2 Å². The Morgan fingerprint density at radius 2 is 2.00 bits per heavy atom. The second kappa shape index (κ2) is 5.97. The monoisotopic (exact) mass is 195 g/mol. The van der Waals surface area contributed by atoms with Crippen molar-refractivity contribution < 1.29 is 4.79 Å². The maximum absolute atomic E-state index is 11.4. The summed E-state index contributed by atoms with van der Waals surface area (Å²) in [6.45, 7) is 6.32. The van der Waals surface area contributed by atoms with Gasteiger partial charge < -0.3 is 5.32 Å². The summed E-state index contributed by atoms with van der Waals surface area (Å²) in [5.74, 6) is 0.319. The van der Waals surface area contributed by atoms with Crippen molar-refractivity contribution in [2.45, 2.75) is 51.5 Å². The molecule has 2 heteroatoms. The summed E-state index contributed by atoms with van der Waals surface area (Å²) in [5.41, 5.74) is 1.10. The second-order valence-corrected chi connectivity index (χ2v) is 4.36. The minimum absolute atomic E-state index is 0.319. The molecule has 1 N–H and O–H groups in total. The average Bonchev–Trinajstić information content (AvgIpc) is 2.63. The first kappa shape index (κ1) is 11.4. The van der Waals surface area contributed by atoms with Gasteiger partial charge in [-0.1, -0.05) is 18.4 Å². The van der Waals surface area contributed by atoms with E-state index in [0.29, 0.717) is 24.8 Å². The van der Waals surface area contributed by atoms with Crippen molar-refractivity contribution in [3.8, 4) is 0 Å². The molecule has 0 heterocycles. The van der Waals surface area contributed by atoms with Crippen LogP contribution in [0.2, 0.25) is 0 Å². The minimum Gasteiger partial charge on any atom is -0.307 e. The highest BCUT2D eigenvalue weighted by Gasteiger charge is 2.14. The zero-order valence-corrected chi connectivity index (χ0v) is 9.14. The molecule has 0 aromatic rings. The Hall–Kier alpha value is -0.630. The maximum atomic E-state index is 11.4. The Morgan fingerprint density at radius 1 is 1.36 bits per heavy atom. The van der Waals surface area contributed by atoms with Crippen LogP contribution in [0.25, 0.3) is 0 Å². The van der Waals surface area contributed by atoms with Crippen molar-refractivity contribution in [2.24, 2.45) is 0 Å². The summed E-state index contributed by atoms with van der Waals surface area (Å²) < 4.78 is 0. The third-order valence-electron chi connectivity index (χ3n) is 2.77. The highest BCUT2D eigenvalue weighted by Crippen LogP contribution is 2.17. The lowest BCUT2D eigenvalue weighted by Gasteiger charge is -2.10. The molecule has 0 saturated heterocycles. The summed E-state index contributed by atoms with van der Waals surface area (Å²) >= 11 is 0. The number of ketones is 1. The molecule has 0 amide bonds. The first-order valence-corrected chi connectivity index (χ1v) is 5.58. The van der Waals surface area contributed by atoms with Crippen molar-refractivity contribution >= 4 is 5.78 Å². The molecule has 0 bridgehead atoms. The lowest BCUT2D eigenvalue weighted by atomic mass is 10.1. The van der Waals surface area contributed by atoms with E-state index < -0.39 is 0 Å². The van der Waals surface area contributed by atoms with Gasteiger partial charge in [0.25, 0.3) is 0 Å². The summed E-state index contributed by atoms with van der Waals surface area (Å²) in [4.78, 5) is 11.4. The fraction of sp³-hybridized carbons (Fsp3) is 0.750. The molecule has 0 atom stereocenters. The number of carbonyl (C=O) groups is 1. The summed E-state index contributed by atoms with van der Waals surface area (Å²) in [7, 11) is 0. The Bertz CT molecular complexity index is 204. The van der Waals surface area contributed by atoms with Gasteiger partial charge in [0.1, 0.15) is 5.78 Å². The minimum atomic E-state index is 0.319. The molecule has 1 fully saturated rings. The predicted molar refractivity (Wildman–Crippen MR) is 59.3 cm³/mol. The molecule has 0 aromatic carbocycles. The van der Waals surface area contributed by atoms with E-state index in [1.165, 1.54) is 25.7 Å². The van der Waals surface area contributed by atoms with Gasteiger partial charge in [0.15, 0.2) is 0 Å². The van der Waals surface area contributed by atoms with Crippen molar-refractivity contribution in [1.82, 2.24) is 5.32 Å². The van der Waals surface area contributed by atoms with Crippen LogP contribution in [0.5, 0.6) is 0 Å². The summed E-state index contributed by atoms with van der Waals surface area (Å²) in [6.07, 6.45) is 6.61. The number of rotatable bonds is 6. The van der Waals surface area contributed by atoms with Gasteiger partial charge in [-0.3, -0.25) is 4.79 Å². The topological polar surface area (TPSA) is 29.1 Å². The molecule has 0 aliphatic heterocycles. The second-order valence-electron chi connectivity index (χ2n) is 4.36. The van der Waals surface area contributed by atoms with E-state index in [4.69, 9.17) is 0 Å². The molecule has 80 valence electrons. The number of hydrogen-bond donors (Lipinski definition) is 1. The van der Waals surface area contributed by atoms with Crippen LogP contribution in [-0.4, -0.2) is 18.4 Å². The first-order valence-electron chi connectivity index (χ1n) is 5.58. The molecule has 14 heavy (non-hydrogen) atoms. The van der Waals surface area contributed by atoms with Gasteiger partial charge >= 0.3 is 0 Å². The van der Waals surface area contributed by atoms with Gasteiger partial charge in [-0.15, -0.1) is 6.58 Å². The number of Topliss-reactive ketones (excluding diaryl/α,β-unsaturated/α-hetero) is 1. The van der Waals surface area contributed by atoms with Crippen molar-refractivity contribution in [3.63, 3.8) is 0 Å². The first-order chi connectivity index (χ1) is 6.68. The average molecular weight is 195 g/mol. The van der Waals surface area contributed by atoms with E-state index in [1.54, 1.807) is 0 Å². The van der Waals surface area contributed by atoms with Crippen molar-refractivity contribution in [2.75, 3.05) is 6.54 Å². The van der Waals surface area contributed by atoms with E-state index in [1.807, 2.05) is 6.92 Å². The van der Waals surface area contributed by atoms with Crippen LogP contribution in [0.4, 0.5) is 0 Å². The van der Waals surface area contributed by atoms with Crippen LogP contribution in [0.1, 0.15) is 45.4 Å². The lowest BCUT2D eigenvalue weighted by molar-refractivity contribution is -0.118. The Balaban J connectivity index is 2.05. The zero-order chi connectivity index (χ0) is 10.4. The van der Waals surface area contributed by atoms with Gasteiger partial charge in [-0.25, -0.2) is 0 Å². The predicted octanol–water partition coefficient (Wildman–Crippen LogP) is 2.44. The molecular formula is C12H21NO. The van der Waals surface area contributed by atoms with Crippen LogP contribution in [0.3, 0.4) is 0 Å². The lowest BCUT2D eigenvalue weighted by Crippen LogP contribution is -2.31. The Kier molecular flexibility index (Phi) is 4.88. The molecular weight excluding hydrogens is 174 g/mol. The highest BCUT2D eigenvalue weighted by molar-refractivity contribution is 5.80. The fourth-order valence-corrected chi connectivity index (χ4v) is 1.83. The third kappa shape index (κ3) is 4.56. The van der Waals surface area contributed by atoms with E-state index in [0.717, 1.165) is 12.0 Å². The molecule has 0 aromatic heterocycles. The van der Waals surface area contributed by atoms with E-state index in [9.17, 15) is 4.79 Å². The maximum Gasteiger partial charge on any atom is 0.146 e. The van der Waals surface area contributed by atoms with Gasteiger partial charge in [0.05, 0.1) is 6.54 Å². The van der Waals surface area contributed by atoms with Gasteiger partial charge in [0, 0.05) is 12.5 Å². The molecule has 1 saturated carbocycles. The molecule has 0 radical (unpaired) electrons. The zero-order valence-electron chi connectivity index (χ0n) is 9.14. The van der Waals surface area contributed by atoms with Crippen LogP contribution in [0, 0.1) is 0 Å². The molecule has 1 rings (SSSR count). The highest BCUT2D eigenvalue weighted by atomic mass is 16.1. The van der Waals surface area contributed by atoms with Crippen LogP contribution >= 0.6 is 0 Å². The Morgan fingerprint density at radius 3 is 2.57 bits per heavy atom. The van der Waals surface area contributed by atoms with Crippen LogP contribution in [0.15, 0.2) is 12.2 Å². The molecule has 0 spiro atoms. The Labute approximate surface area is 86.8 Å². The standard InChI is InChI=1S/C12H21NO/c1-10(2)7-8-12(14)9-13-11-5-3-4-6-11/h11,13H,1,3-9H2,2H3. The SMILES string of the molecule is C=C(C)CCC(=O)CNC1CCCC1. The smallest absolute Gasteiger partial charge is 0.146 e. The largest absolute Gasteiger partial charge is 0.307 e. The molecule has 2 nitrogen and oxygen atoms in total. The molecule has 1 aliphatic carbocycles. The van der Waals surface area contributed by atoms with Crippen LogP contribution < -0.4 is 5.32 Å². The van der Waals surface area contributed by atoms with Crippen molar-refractivity contribution in [1.29, 1.82) is 0 Å². The quantitative estimate of drug-likeness (QED) is 0.660. The summed E-state index contributed by atoms with van der Waals surface area (Å²) in [5, 5.41) is 3.33. The number of hydrogen-bond acceptors (Lipinski definition) is 2. The number of carbonyl (C=O) groups excluding carboxylic acids is 1. The van der Waals surface area contributed by atoms with E-state index in [-0.39, 0.29) is 0 Å². The van der Waals surface area contributed by atoms with Crippen molar-refractivity contribution in [3.05, 3.63) is 12.2 Å². The van der Waals surface area contributed by atoms with Crippen LogP contribution in [-0.2, 0) is 4.79 Å². The number of allylic oxidation sites excluding steroid dienone is 1. The molecule has 0 unspecified atom stereocenters. The third-order valence-corrected chi connectivity index (χ3v) is 2.77. The normalized spacial score (nSPS) is 17.2. The fourth-order valence-electron chi connectivity index (χ4n) is 1.83.